The molecule has 0 aromatic heterocycles. The predicted octanol–water partition coefficient (Wildman–Crippen LogP) is 4.35. The third-order valence-electron chi connectivity index (χ3n) is 3.05. The molecule has 0 aliphatic heterocycles. The Morgan fingerprint density at radius 2 is 2.00 bits per heavy atom. The van der Waals surface area contributed by atoms with Gasteiger partial charge in [0.15, 0.2) is 18.1 Å². The number of carbonyl (C=O) groups is 1. The van der Waals surface area contributed by atoms with E-state index in [1.165, 1.54) is 0 Å². The number of allylic oxidation sites excluding steroid dienone is 1. The fourth-order valence-corrected chi connectivity index (χ4v) is 2.51. The average molecular weight is 423 g/mol. The maximum absolute atomic E-state index is 12.0. The van der Waals surface area contributed by atoms with E-state index in [2.05, 4.69) is 27.9 Å². The summed E-state index contributed by atoms with van der Waals surface area (Å²) in [6.45, 7) is 1.87. The largest absolute Gasteiger partial charge is 0.493 e. The first-order valence-corrected chi connectivity index (χ1v) is 8.20. The minimum absolute atomic E-state index is 0.0791. The van der Waals surface area contributed by atoms with Crippen molar-refractivity contribution in [2.24, 2.45) is 0 Å². The van der Waals surface area contributed by atoms with Gasteiger partial charge in [-0.1, -0.05) is 30.4 Å². The molecule has 1 amide bonds. The zero-order valence-corrected chi connectivity index (χ0v) is 15.2. The number of carbonyl (C=O) groups excluding carboxylic acids is 1. The van der Waals surface area contributed by atoms with E-state index in [-0.39, 0.29) is 12.5 Å². The maximum atomic E-state index is 12.0. The van der Waals surface area contributed by atoms with Gasteiger partial charge in [0.05, 0.1) is 12.8 Å². The molecular weight excluding hydrogens is 405 g/mol. The van der Waals surface area contributed by atoms with Crippen molar-refractivity contribution >= 4 is 40.3 Å². The van der Waals surface area contributed by atoms with Crippen LogP contribution in [0.1, 0.15) is 12.5 Å². The van der Waals surface area contributed by atoms with E-state index in [0.29, 0.717) is 11.5 Å². The van der Waals surface area contributed by atoms with Crippen LogP contribution in [0.5, 0.6) is 11.5 Å². The van der Waals surface area contributed by atoms with Crippen molar-refractivity contribution < 1.29 is 14.3 Å². The second-order valence-corrected chi connectivity index (χ2v) is 5.89. The zero-order valence-electron chi connectivity index (χ0n) is 13.0. The first-order valence-electron chi connectivity index (χ1n) is 7.12. The summed E-state index contributed by atoms with van der Waals surface area (Å²) < 4.78 is 11.9. The van der Waals surface area contributed by atoms with Gasteiger partial charge in [-0.2, -0.15) is 0 Å². The molecule has 0 radical (unpaired) electrons. The molecule has 0 saturated carbocycles. The third-order valence-corrected chi connectivity index (χ3v) is 3.99. The first kappa shape index (κ1) is 17.3. The van der Waals surface area contributed by atoms with Crippen LogP contribution in [0, 0.1) is 3.57 Å². The topological polar surface area (TPSA) is 47.6 Å². The summed E-state index contributed by atoms with van der Waals surface area (Å²) in [5.74, 6) is 0.926. The van der Waals surface area contributed by atoms with Gasteiger partial charge in [-0.25, -0.2) is 0 Å². The van der Waals surface area contributed by atoms with Crippen molar-refractivity contribution in [3.05, 3.63) is 57.7 Å². The summed E-state index contributed by atoms with van der Waals surface area (Å²) in [5.41, 5.74) is 1.79. The lowest BCUT2D eigenvalue weighted by Gasteiger charge is -2.12. The standard InChI is InChI=1S/C18H18INO3/c1-3-6-13-9-10-16(17(11-13)22-2)23-12-18(21)20-15-8-5-4-7-14(15)19/h3-11H,12H2,1-2H3,(H,20,21)/b6-3+. The van der Waals surface area contributed by atoms with Gasteiger partial charge in [-0.05, 0) is 59.3 Å². The van der Waals surface area contributed by atoms with Crippen LogP contribution in [-0.4, -0.2) is 19.6 Å². The third kappa shape index (κ3) is 4.99. The van der Waals surface area contributed by atoms with Crippen molar-refractivity contribution in [1.82, 2.24) is 0 Å². The number of hydrogen-bond acceptors (Lipinski definition) is 3. The van der Waals surface area contributed by atoms with Gasteiger partial charge >= 0.3 is 0 Å². The Hall–Kier alpha value is -2.02. The van der Waals surface area contributed by atoms with Gasteiger partial charge in [0.1, 0.15) is 0 Å². The lowest BCUT2D eigenvalue weighted by molar-refractivity contribution is -0.118. The molecule has 1 N–H and O–H groups in total. The average Bonchev–Trinajstić information content (AvgIpc) is 2.56. The summed E-state index contributed by atoms with van der Waals surface area (Å²) in [7, 11) is 1.58. The monoisotopic (exact) mass is 423 g/mol. The molecular formula is C18H18INO3. The molecule has 0 atom stereocenters. The molecule has 2 aromatic carbocycles. The van der Waals surface area contributed by atoms with E-state index in [0.717, 1.165) is 14.8 Å². The number of nitrogens with one attached hydrogen (secondary N) is 1. The van der Waals surface area contributed by atoms with E-state index in [1.54, 1.807) is 13.2 Å². The van der Waals surface area contributed by atoms with E-state index in [9.17, 15) is 4.79 Å². The van der Waals surface area contributed by atoms with Gasteiger partial charge < -0.3 is 14.8 Å². The van der Waals surface area contributed by atoms with Gasteiger partial charge in [0.25, 0.3) is 5.91 Å². The smallest absolute Gasteiger partial charge is 0.262 e. The van der Waals surface area contributed by atoms with Crippen molar-refractivity contribution in [2.45, 2.75) is 6.92 Å². The molecule has 0 bridgehead atoms. The SMILES string of the molecule is C/C=C/c1ccc(OCC(=O)Nc2ccccc2I)c(OC)c1. The molecule has 23 heavy (non-hydrogen) atoms. The Balaban J connectivity index is 2.00. The van der Waals surface area contributed by atoms with Crippen molar-refractivity contribution in [3.8, 4) is 11.5 Å². The number of rotatable bonds is 6. The molecule has 0 fully saturated rings. The number of halogens is 1. The maximum Gasteiger partial charge on any atom is 0.262 e. The molecule has 0 aliphatic carbocycles. The fraction of sp³-hybridized carbons (Fsp3) is 0.167. The molecule has 2 rings (SSSR count). The highest BCUT2D eigenvalue weighted by Crippen LogP contribution is 2.28. The Morgan fingerprint density at radius 1 is 1.22 bits per heavy atom. The van der Waals surface area contributed by atoms with Crippen LogP contribution in [0.2, 0.25) is 0 Å². The number of methoxy groups -OCH3 is 1. The highest BCUT2D eigenvalue weighted by molar-refractivity contribution is 14.1. The number of benzene rings is 2. The zero-order chi connectivity index (χ0) is 16.7. The number of hydrogen-bond donors (Lipinski definition) is 1. The van der Waals surface area contributed by atoms with Crippen molar-refractivity contribution in [1.29, 1.82) is 0 Å². The number of amides is 1. The van der Waals surface area contributed by atoms with Crippen LogP contribution in [-0.2, 0) is 4.79 Å². The van der Waals surface area contributed by atoms with Crippen molar-refractivity contribution in [2.75, 3.05) is 19.0 Å². The minimum Gasteiger partial charge on any atom is -0.493 e. The summed E-state index contributed by atoms with van der Waals surface area (Å²) in [6.07, 6.45) is 3.92. The number of ether oxygens (including phenoxy) is 2. The lowest BCUT2D eigenvalue weighted by atomic mass is 10.2. The molecule has 0 spiro atoms. The van der Waals surface area contributed by atoms with Crippen molar-refractivity contribution in [3.63, 3.8) is 0 Å². The Bertz CT molecular complexity index is 713. The molecule has 5 heteroatoms. The molecule has 0 heterocycles. The van der Waals surface area contributed by atoms with Crippen LogP contribution in [0.4, 0.5) is 5.69 Å². The quantitative estimate of drug-likeness (QED) is 0.703. The highest BCUT2D eigenvalue weighted by Gasteiger charge is 2.09. The van der Waals surface area contributed by atoms with E-state index >= 15 is 0 Å². The van der Waals surface area contributed by atoms with Gasteiger partial charge in [-0.3, -0.25) is 4.79 Å². The Kier molecular flexibility index (Phi) is 6.46. The molecule has 0 saturated heterocycles. The fourth-order valence-electron chi connectivity index (χ4n) is 1.99. The summed E-state index contributed by atoms with van der Waals surface area (Å²) in [5, 5.41) is 2.83. The van der Waals surface area contributed by atoms with E-state index < -0.39 is 0 Å². The Morgan fingerprint density at radius 3 is 2.70 bits per heavy atom. The number of para-hydroxylation sites is 1. The minimum atomic E-state index is -0.214. The lowest BCUT2D eigenvalue weighted by Crippen LogP contribution is -2.20. The molecule has 4 nitrogen and oxygen atoms in total. The molecule has 0 unspecified atom stereocenters. The van der Waals surface area contributed by atoms with Gasteiger partial charge in [0.2, 0.25) is 0 Å². The second kappa shape index (κ2) is 8.57. The predicted molar refractivity (Wildman–Crippen MR) is 101 cm³/mol. The van der Waals surface area contributed by atoms with Crippen LogP contribution in [0.25, 0.3) is 6.08 Å². The summed E-state index contributed by atoms with van der Waals surface area (Å²) >= 11 is 2.17. The molecule has 120 valence electrons. The van der Waals surface area contributed by atoms with E-state index in [4.69, 9.17) is 9.47 Å². The summed E-state index contributed by atoms with van der Waals surface area (Å²) in [4.78, 5) is 12.0. The van der Waals surface area contributed by atoms with Crippen LogP contribution >= 0.6 is 22.6 Å². The summed E-state index contributed by atoms with van der Waals surface area (Å²) in [6, 6.07) is 13.2. The number of anilines is 1. The highest BCUT2D eigenvalue weighted by atomic mass is 127. The van der Waals surface area contributed by atoms with Gasteiger partial charge in [-0.15, -0.1) is 0 Å². The molecule has 0 aliphatic rings. The normalized spacial score (nSPS) is 10.6. The second-order valence-electron chi connectivity index (χ2n) is 4.73. The first-order chi connectivity index (χ1) is 11.1. The van der Waals surface area contributed by atoms with Crippen LogP contribution in [0.15, 0.2) is 48.5 Å². The van der Waals surface area contributed by atoms with E-state index in [1.807, 2.05) is 55.5 Å². The van der Waals surface area contributed by atoms with Crippen LogP contribution < -0.4 is 14.8 Å². The van der Waals surface area contributed by atoms with Gasteiger partial charge in [0, 0.05) is 3.57 Å². The Labute approximate surface area is 149 Å². The van der Waals surface area contributed by atoms with Crippen LogP contribution in [0.3, 0.4) is 0 Å². The molecule has 2 aromatic rings.